The molecule has 0 fully saturated rings. The summed E-state index contributed by atoms with van der Waals surface area (Å²) in [5.74, 6) is -1.31. The van der Waals surface area contributed by atoms with E-state index in [1.54, 1.807) is 32.3 Å². The summed E-state index contributed by atoms with van der Waals surface area (Å²) < 4.78 is 4.86. The van der Waals surface area contributed by atoms with E-state index in [0.29, 0.717) is 5.56 Å². The largest absolute Gasteiger partial charge is 0.452 e. The summed E-state index contributed by atoms with van der Waals surface area (Å²) in [4.78, 5) is 35.7. The lowest BCUT2D eigenvalue weighted by molar-refractivity contribution is -0.131. The first kappa shape index (κ1) is 15.7. The Bertz CT molecular complexity index is 512. The number of likely N-dealkylation sites (N-methyl/N-ethyl adjacent to an activating group) is 1. The van der Waals surface area contributed by atoms with Crippen LogP contribution in [0, 0.1) is 6.92 Å². The fourth-order valence-electron chi connectivity index (χ4n) is 1.37. The minimum atomic E-state index is -0.567. The maximum Gasteiger partial charge on any atom is 0.338 e. The first-order valence-corrected chi connectivity index (χ1v) is 6.11. The average Bonchev–Trinajstić information content (AvgIpc) is 2.41. The summed E-state index contributed by atoms with van der Waals surface area (Å²) in [5, 5.41) is 2.37. The van der Waals surface area contributed by atoms with Crippen LogP contribution in [0.15, 0.2) is 24.3 Å². The van der Waals surface area contributed by atoms with Gasteiger partial charge in [0.1, 0.15) is 0 Å². The summed E-state index contributed by atoms with van der Waals surface area (Å²) in [6, 6.07) is 6.89. The van der Waals surface area contributed by atoms with Crippen molar-refractivity contribution in [2.24, 2.45) is 0 Å². The SMILES string of the molecule is Cc1cccc(C(=O)OCC(=O)NCC(=O)N(C)C)c1. The number of esters is 1. The number of aryl methyl sites for hydroxylation is 1. The topological polar surface area (TPSA) is 75.7 Å². The maximum atomic E-state index is 11.7. The highest BCUT2D eigenvalue weighted by Gasteiger charge is 2.11. The van der Waals surface area contributed by atoms with E-state index in [0.717, 1.165) is 5.56 Å². The van der Waals surface area contributed by atoms with Gasteiger partial charge in [0.25, 0.3) is 5.91 Å². The predicted octanol–water partition coefficient (Wildman–Crippen LogP) is 0.356. The molecule has 0 aliphatic heterocycles. The van der Waals surface area contributed by atoms with Crippen LogP contribution in [-0.4, -0.2) is 49.9 Å². The number of rotatable bonds is 5. The molecule has 0 aliphatic carbocycles. The van der Waals surface area contributed by atoms with E-state index in [1.807, 2.05) is 13.0 Å². The minimum absolute atomic E-state index is 0.117. The number of carbonyl (C=O) groups excluding carboxylic acids is 3. The molecular weight excluding hydrogens is 260 g/mol. The van der Waals surface area contributed by atoms with E-state index in [-0.39, 0.29) is 12.5 Å². The molecule has 1 rings (SSSR count). The van der Waals surface area contributed by atoms with Crippen LogP contribution in [0.25, 0.3) is 0 Å². The Hall–Kier alpha value is -2.37. The van der Waals surface area contributed by atoms with Crippen LogP contribution in [0.1, 0.15) is 15.9 Å². The lowest BCUT2D eigenvalue weighted by Gasteiger charge is -2.11. The molecule has 0 heterocycles. The van der Waals surface area contributed by atoms with Gasteiger partial charge in [-0.2, -0.15) is 0 Å². The average molecular weight is 278 g/mol. The molecule has 0 atom stereocenters. The van der Waals surface area contributed by atoms with Crippen molar-refractivity contribution in [1.29, 1.82) is 0 Å². The van der Waals surface area contributed by atoms with Crippen molar-refractivity contribution in [3.05, 3.63) is 35.4 Å². The number of hydrogen-bond donors (Lipinski definition) is 1. The van der Waals surface area contributed by atoms with E-state index in [2.05, 4.69) is 5.32 Å². The second-order valence-electron chi connectivity index (χ2n) is 4.51. The molecule has 108 valence electrons. The Labute approximate surface area is 117 Å². The number of nitrogens with zero attached hydrogens (tertiary/aromatic N) is 1. The minimum Gasteiger partial charge on any atom is -0.452 e. The standard InChI is InChI=1S/C14H18N2O4/c1-10-5-4-6-11(7-10)14(19)20-9-12(17)15-8-13(18)16(2)3/h4-7H,8-9H2,1-3H3,(H,15,17). The van der Waals surface area contributed by atoms with Crippen LogP contribution < -0.4 is 5.32 Å². The van der Waals surface area contributed by atoms with Gasteiger partial charge in [0.15, 0.2) is 6.61 Å². The Kier molecular flexibility index (Phi) is 5.71. The van der Waals surface area contributed by atoms with Crippen molar-refractivity contribution in [2.45, 2.75) is 6.92 Å². The lowest BCUT2D eigenvalue weighted by Crippen LogP contribution is -2.38. The van der Waals surface area contributed by atoms with Crippen molar-refractivity contribution >= 4 is 17.8 Å². The molecule has 0 radical (unpaired) electrons. The van der Waals surface area contributed by atoms with Crippen LogP contribution in [0.4, 0.5) is 0 Å². The summed E-state index contributed by atoms with van der Waals surface area (Å²) in [6.45, 7) is 1.33. The quantitative estimate of drug-likeness (QED) is 0.789. The Morgan fingerprint density at radius 2 is 1.95 bits per heavy atom. The molecule has 1 N–H and O–H groups in total. The molecular formula is C14H18N2O4. The highest BCUT2D eigenvalue weighted by atomic mass is 16.5. The molecule has 6 nitrogen and oxygen atoms in total. The van der Waals surface area contributed by atoms with Crippen molar-refractivity contribution in [3.63, 3.8) is 0 Å². The number of ether oxygens (including phenoxy) is 1. The fourth-order valence-corrected chi connectivity index (χ4v) is 1.37. The van der Waals surface area contributed by atoms with Crippen LogP contribution in [-0.2, 0) is 14.3 Å². The van der Waals surface area contributed by atoms with E-state index in [1.165, 1.54) is 4.90 Å². The molecule has 2 amide bonds. The van der Waals surface area contributed by atoms with Crippen molar-refractivity contribution in [1.82, 2.24) is 10.2 Å². The zero-order valence-corrected chi connectivity index (χ0v) is 11.8. The van der Waals surface area contributed by atoms with Gasteiger partial charge in [0, 0.05) is 14.1 Å². The van der Waals surface area contributed by atoms with Gasteiger partial charge >= 0.3 is 5.97 Å². The van der Waals surface area contributed by atoms with Gasteiger partial charge in [-0.05, 0) is 19.1 Å². The van der Waals surface area contributed by atoms with Crippen LogP contribution in [0.5, 0.6) is 0 Å². The number of carbonyl (C=O) groups is 3. The van der Waals surface area contributed by atoms with Crippen molar-refractivity contribution in [3.8, 4) is 0 Å². The third kappa shape index (κ3) is 5.09. The highest BCUT2D eigenvalue weighted by Crippen LogP contribution is 2.05. The third-order valence-electron chi connectivity index (χ3n) is 2.52. The van der Waals surface area contributed by atoms with Crippen LogP contribution in [0.2, 0.25) is 0 Å². The molecule has 0 bridgehead atoms. The Morgan fingerprint density at radius 1 is 1.25 bits per heavy atom. The summed E-state index contributed by atoms with van der Waals surface area (Å²) in [7, 11) is 3.18. The van der Waals surface area contributed by atoms with Crippen LogP contribution >= 0.6 is 0 Å². The number of nitrogens with one attached hydrogen (secondary N) is 1. The van der Waals surface area contributed by atoms with E-state index < -0.39 is 18.5 Å². The van der Waals surface area contributed by atoms with Gasteiger partial charge in [0.05, 0.1) is 12.1 Å². The summed E-state index contributed by atoms with van der Waals surface area (Å²) >= 11 is 0. The van der Waals surface area contributed by atoms with Gasteiger partial charge in [-0.3, -0.25) is 9.59 Å². The van der Waals surface area contributed by atoms with Crippen molar-refractivity contribution in [2.75, 3.05) is 27.2 Å². The van der Waals surface area contributed by atoms with Crippen molar-refractivity contribution < 1.29 is 19.1 Å². The first-order chi connectivity index (χ1) is 9.40. The molecule has 0 aliphatic rings. The first-order valence-electron chi connectivity index (χ1n) is 6.11. The van der Waals surface area contributed by atoms with Gasteiger partial charge < -0.3 is 15.0 Å². The third-order valence-corrected chi connectivity index (χ3v) is 2.52. The second-order valence-corrected chi connectivity index (χ2v) is 4.51. The summed E-state index contributed by atoms with van der Waals surface area (Å²) in [6.07, 6.45) is 0. The zero-order valence-electron chi connectivity index (χ0n) is 11.8. The van der Waals surface area contributed by atoms with E-state index >= 15 is 0 Å². The molecule has 6 heteroatoms. The van der Waals surface area contributed by atoms with Gasteiger partial charge in [-0.1, -0.05) is 17.7 Å². The second kappa shape index (κ2) is 7.28. The highest BCUT2D eigenvalue weighted by molar-refractivity contribution is 5.92. The van der Waals surface area contributed by atoms with Gasteiger partial charge in [0.2, 0.25) is 5.91 Å². The molecule has 1 aromatic rings. The molecule has 0 unspecified atom stereocenters. The summed E-state index contributed by atoms with van der Waals surface area (Å²) in [5.41, 5.74) is 1.32. The van der Waals surface area contributed by atoms with Crippen LogP contribution in [0.3, 0.4) is 0 Å². The monoisotopic (exact) mass is 278 g/mol. The lowest BCUT2D eigenvalue weighted by atomic mass is 10.1. The fraction of sp³-hybridized carbons (Fsp3) is 0.357. The van der Waals surface area contributed by atoms with E-state index in [9.17, 15) is 14.4 Å². The molecule has 0 saturated heterocycles. The predicted molar refractivity (Wildman–Crippen MR) is 73.2 cm³/mol. The van der Waals surface area contributed by atoms with E-state index in [4.69, 9.17) is 4.74 Å². The number of benzene rings is 1. The molecule has 0 saturated carbocycles. The Balaban J connectivity index is 2.38. The molecule has 0 spiro atoms. The smallest absolute Gasteiger partial charge is 0.338 e. The molecule has 1 aromatic carbocycles. The molecule has 20 heavy (non-hydrogen) atoms. The zero-order chi connectivity index (χ0) is 15.1. The Morgan fingerprint density at radius 3 is 2.55 bits per heavy atom. The molecule has 0 aromatic heterocycles. The number of hydrogen-bond acceptors (Lipinski definition) is 4. The van der Waals surface area contributed by atoms with Gasteiger partial charge in [-0.25, -0.2) is 4.79 Å². The number of amides is 2. The maximum absolute atomic E-state index is 11.7. The van der Waals surface area contributed by atoms with Gasteiger partial charge in [-0.15, -0.1) is 0 Å². The normalized spacial score (nSPS) is 9.75.